The van der Waals surface area contributed by atoms with Crippen molar-refractivity contribution in [1.29, 1.82) is 0 Å². The summed E-state index contributed by atoms with van der Waals surface area (Å²) in [5.41, 5.74) is 2.37. The highest BCUT2D eigenvalue weighted by molar-refractivity contribution is 9.10. The quantitative estimate of drug-likeness (QED) is 0.224. The van der Waals surface area contributed by atoms with E-state index in [1.807, 2.05) is 18.2 Å². The van der Waals surface area contributed by atoms with E-state index in [0.717, 1.165) is 59.7 Å². The average molecular weight is 612 g/mol. The SMILES string of the molecule is CS(=O)(=O)Nc1cc(C(O)CNC2CCN(c3ccc(C=C4SC(=O)NC4=O)cc3Br)CC2)ccc1O. The molecule has 198 valence electrons. The number of benzene rings is 2. The molecule has 1 unspecified atom stereocenters. The number of carbonyl (C=O) groups excluding carboxylic acids is 2. The number of aliphatic hydroxyl groups excluding tert-OH is 1. The molecular formula is C24H27BrN4O6S2. The summed E-state index contributed by atoms with van der Waals surface area (Å²) in [7, 11) is -3.56. The van der Waals surface area contributed by atoms with E-state index in [-0.39, 0.29) is 35.2 Å². The number of aliphatic hydroxyl groups is 1. The van der Waals surface area contributed by atoms with Crippen molar-refractivity contribution in [2.45, 2.75) is 25.0 Å². The smallest absolute Gasteiger partial charge is 0.290 e. The predicted molar refractivity (Wildman–Crippen MR) is 148 cm³/mol. The Morgan fingerprint density at radius 3 is 2.57 bits per heavy atom. The third-order valence-corrected chi connectivity index (χ3v) is 8.08. The second kappa shape index (κ2) is 11.4. The van der Waals surface area contributed by atoms with Gasteiger partial charge in [0.2, 0.25) is 10.0 Å². The Morgan fingerprint density at radius 1 is 1.22 bits per heavy atom. The van der Waals surface area contributed by atoms with Crippen molar-refractivity contribution < 1.29 is 28.2 Å². The molecule has 0 radical (unpaired) electrons. The second-order valence-corrected chi connectivity index (χ2v) is 12.5. The van der Waals surface area contributed by atoms with Gasteiger partial charge in [-0.2, -0.15) is 0 Å². The van der Waals surface area contributed by atoms with Crippen molar-refractivity contribution in [2.24, 2.45) is 0 Å². The van der Waals surface area contributed by atoms with Crippen molar-refractivity contribution >= 4 is 66.3 Å². The number of aromatic hydroxyl groups is 1. The number of halogens is 1. The second-order valence-electron chi connectivity index (χ2n) is 8.90. The number of hydrogen-bond acceptors (Lipinski definition) is 9. The molecular weight excluding hydrogens is 584 g/mol. The molecule has 0 aliphatic carbocycles. The lowest BCUT2D eigenvalue weighted by Gasteiger charge is -2.35. The maximum Gasteiger partial charge on any atom is 0.290 e. The molecule has 37 heavy (non-hydrogen) atoms. The van der Waals surface area contributed by atoms with Crippen LogP contribution in [0.3, 0.4) is 0 Å². The lowest BCUT2D eigenvalue weighted by atomic mass is 10.0. The van der Waals surface area contributed by atoms with E-state index in [9.17, 15) is 28.2 Å². The Kier molecular flexibility index (Phi) is 8.49. The molecule has 13 heteroatoms. The van der Waals surface area contributed by atoms with Crippen LogP contribution < -0.4 is 20.3 Å². The van der Waals surface area contributed by atoms with Gasteiger partial charge in [-0.3, -0.25) is 19.6 Å². The Hall–Kier alpha value is -2.58. The van der Waals surface area contributed by atoms with Gasteiger partial charge in [0.05, 0.1) is 28.6 Å². The topological polar surface area (TPSA) is 148 Å². The number of nitrogens with one attached hydrogen (secondary N) is 3. The van der Waals surface area contributed by atoms with Crippen LogP contribution in [0.4, 0.5) is 16.2 Å². The number of carbonyl (C=O) groups is 2. The predicted octanol–water partition coefficient (Wildman–Crippen LogP) is 3.14. The van der Waals surface area contributed by atoms with Crippen molar-refractivity contribution in [3.8, 4) is 5.75 Å². The van der Waals surface area contributed by atoms with Crippen LogP contribution >= 0.6 is 27.7 Å². The molecule has 2 aromatic rings. The number of piperidine rings is 1. The molecule has 2 aliphatic rings. The van der Waals surface area contributed by atoms with Gasteiger partial charge in [0.1, 0.15) is 5.75 Å². The average Bonchev–Trinajstić information content (AvgIpc) is 3.15. The molecule has 0 spiro atoms. The zero-order valence-electron chi connectivity index (χ0n) is 19.9. The first kappa shape index (κ1) is 27.5. The summed E-state index contributed by atoms with van der Waals surface area (Å²) in [4.78, 5) is 25.8. The van der Waals surface area contributed by atoms with Gasteiger partial charge in [-0.05, 0) is 82.0 Å². The first-order valence-corrected chi connectivity index (χ1v) is 15.0. The number of thioether (sulfide) groups is 1. The highest BCUT2D eigenvalue weighted by Gasteiger charge is 2.25. The number of phenols is 1. The third kappa shape index (κ3) is 7.26. The minimum atomic E-state index is -3.56. The maximum atomic E-state index is 11.8. The first-order chi connectivity index (χ1) is 17.5. The summed E-state index contributed by atoms with van der Waals surface area (Å²) >= 11 is 4.51. The van der Waals surface area contributed by atoms with E-state index in [2.05, 4.69) is 36.2 Å². The molecule has 0 saturated carbocycles. The van der Waals surface area contributed by atoms with Crippen LogP contribution in [0.15, 0.2) is 45.8 Å². The Labute approximate surface area is 227 Å². The van der Waals surface area contributed by atoms with E-state index < -0.39 is 16.1 Å². The highest BCUT2D eigenvalue weighted by atomic mass is 79.9. The van der Waals surface area contributed by atoms with E-state index in [0.29, 0.717) is 10.5 Å². The van der Waals surface area contributed by atoms with Crippen LogP contribution in [0.5, 0.6) is 5.75 Å². The molecule has 5 N–H and O–H groups in total. The van der Waals surface area contributed by atoms with Crippen LogP contribution in [0, 0.1) is 0 Å². The summed E-state index contributed by atoms with van der Waals surface area (Å²) in [5.74, 6) is -0.595. The lowest BCUT2D eigenvalue weighted by Crippen LogP contribution is -2.43. The minimum Gasteiger partial charge on any atom is -0.506 e. The fourth-order valence-corrected chi connectivity index (χ4v) is 6.10. The van der Waals surface area contributed by atoms with Crippen LogP contribution in [0.2, 0.25) is 0 Å². The summed E-state index contributed by atoms with van der Waals surface area (Å²) in [5, 5.41) is 25.8. The minimum absolute atomic E-state index is 0.0268. The molecule has 0 aromatic heterocycles. The molecule has 2 amide bonds. The molecule has 2 aliphatic heterocycles. The van der Waals surface area contributed by atoms with Gasteiger partial charge in [0.15, 0.2) is 0 Å². The van der Waals surface area contributed by atoms with Gasteiger partial charge < -0.3 is 20.4 Å². The van der Waals surface area contributed by atoms with Gasteiger partial charge >= 0.3 is 0 Å². The molecule has 10 nitrogen and oxygen atoms in total. The van der Waals surface area contributed by atoms with Crippen molar-refractivity contribution in [2.75, 3.05) is 35.5 Å². The van der Waals surface area contributed by atoms with Crippen LogP contribution in [0.25, 0.3) is 6.08 Å². The largest absolute Gasteiger partial charge is 0.506 e. The molecule has 2 aromatic carbocycles. The molecule has 2 fully saturated rings. The van der Waals surface area contributed by atoms with Crippen LogP contribution in [-0.2, 0) is 14.8 Å². The van der Waals surface area contributed by atoms with E-state index in [1.54, 1.807) is 12.1 Å². The fraction of sp³-hybridized carbons (Fsp3) is 0.333. The molecule has 2 heterocycles. The summed E-state index contributed by atoms with van der Waals surface area (Å²) in [6, 6.07) is 10.4. The third-order valence-electron chi connectivity index (χ3n) is 6.05. The molecule has 4 rings (SSSR count). The van der Waals surface area contributed by atoms with Crippen molar-refractivity contribution in [1.82, 2.24) is 10.6 Å². The summed E-state index contributed by atoms with van der Waals surface area (Å²) < 4.78 is 26.1. The monoisotopic (exact) mass is 610 g/mol. The van der Waals surface area contributed by atoms with Crippen LogP contribution in [-0.4, -0.2) is 61.7 Å². The number of anilines is 2. The highest BCUT2D eigenvalue weighted by Crippen LogP contribution is 2.32. The number of nitrogens with zero attached hydrogens (tertiary/aromatic N) is 1. The Bertz CT molecular complexity index is 1340. The van der Waals surface area contributed by atoms with Gasteiger partial charge in [-0.1, -0.05) is 12.1 Å². The fourth-order valence-electron chi connectivity index (χ4n) is 4.20. The van der Waals surface area contributed by atoms with Gasteiger partial charge in [0.25, 0.3) is 11.1 Å². The first-order valence-electron chi connectivity index (χ1n) is 11.5. The Balaban J connectivity index is 1.30. The van der Waals surface area contributed by atoms with E-state index in [1.165, 1.54) is 12.1 Å². The van der Waals surface area contributed by atoms with Crippen LogP contribution in [0.1, 0.15) is 30.1 Å². The zero-order valence-corrected chi connectivity index (χ0v) is 23.1. The number of amides is 2. The van der Waals surface area contributed by atoms with Gasteiger partial charge in [0, 0.05) is 30.1 Å². The normalized spacial score (nSPS) is 18.8. The van der Waals surface area contributed by atoms with E-state index in [4.69, 9.17) is 0 Å². The summed E-state index contributed by atoms with van der Waals surface area (Å²) in [6.07, 6.45) is 3.53. The number of hydrogen-bond donors (Lipinski definition) is 5. The summed E-state index contributed by atoms with van der Waals surface area (Å²) in [6.45, 7) is 1.90. The number of rotatable bonds is 8. The number of phenolic OH excluding ortho intramolecular Hbond substituents is 1. The molecule has 0 bridgehead atoms. The van der Waals surface area contributed by atoms with Crippen molar-refractivity contribution in [3.05, 3.63) is 56.9 Å². The Morgan fingerprint density at radius 2 is 1.95 bits per heavy atom. The van der Waals surface area contributed by atoms with Gasteiger partial charge in [-0.25, -0.2) is 8.42 Å². The number of imide groups is 1. The standard InChI is InChI=1S/C24H27BrN4O6S2/c1-37(34,35)28-18-12-15(3-5-20(18)30)21(31)13-26-16-6-8-29(9-7-16)19-4-2-14(10-17(19)25)11-22-23(32)27-24(33)36-22/h2-5,10-12,16,21,26,28,30-31H,6-9,13H2,1H3,(H,27,32,33). The van der Waals surface area contributed by atoms with E-state index >= 15 is 0 Å². The van der Waals surface area contributed by atoms with Crippen molar-refractivity contribution in [3.63, 3.8) is 0 Å². The maximum absolute atomic E-state index is 11.8. The number of sulfonamides is 1. The van der Waals surface area contributed by atoms with Gasteiger partial charge in [-0.15, -0.1) is 0 Å². The molecule has 2 saturated heterocycles. The molecule has 1 atom stereocenters. The zero-order chi connectivity index (χ0) is 26.7. The lowest BCUT2D eigenvalue weighted by molar-refractivity contribution is -0.115.